The Morgan fingerprint density at radius 2 is 1.55 bits per heavy atom. The van der Waals surface area contributed by atoms with Crippen molar-refractivity contribution in [2.45, 2.75) is 46.1 Å². The number of hydrogen-bond donors (Lipinski definition) is 1. The van der Waals surface area contributed by atoms with Crippen molar-refractivity contribution in [3.63, 3.8) is 0 Å². The average Bonchev–Trinajstić information content (AvgIpc) is 1.56. The molecule has 0 amide bonds. The van der Waals surface area contributed by atoms with Crippen LogP contribution in [0, 0.1) is 5.41 Å². The van der Waals surface area contributed by atoms with Crippen molar-refractivity contribution in [1.29, 1.82) is 0 Å². The molecule has 0 heterocycles. The summed E-state index contributed by atoms with van der Waals surface area (Å²) in [5.74, 6) is -2.76. The minimum Gasteiger partial charge on any atom is -0.323 e. The van der Waals surface area contributed by atoms with Crippen LogP contribution >= 0.6 is 0 Å². The molecule has 0 aliphatic carbocycles. The summed E-state index contributed by atoms with van der Waals surface area (Å²) in [5, 5.41) is 0. The molecule has 0 aromatic heterocycles. The molecule has 0 rings (SSSR count). The molecule has 0 radical (unpaired) electrons. The molecule has 2 N–H and O–H groups in total. The van der Waals surface area contributed by atoms with Crippen LogP contribution in [0.4, 0.5) is 8.78 Å². The van der Waals surface area contributed by atoms with E-state index in [1.807, 2.05) is 20.8 Å². The molecule has 0 saturated heterocycles. The van der Waals surface area contributed by atoms with Crippen LogP contribution in [0.2, 0.25) is 0 Å². The zero-order valence-electron chi connectivity index (χ0n) is 7.62. The van der Waals surface area contributed by atoms with E-state index >= 15 is 0 Å². The molecule has 1 nitrogen and oxygen atoms in total. The second kappa shape index (κ2) is 3.05. The molecule has 0 aliphatic rings. The normalized spacial score (nSPS) is 16.6. The Balaban J connectivity index is 3.99. The smallest absolute Gasteiger partial charge is 0.260 e. The van der Waals surface area contributed by atoms with Crippen molar-refractivity contribution in [3.8, 4) is 0 Å². The molecule has 3 heteroatoms. The lowest BCUT2D eigenvalue weighted by atomic mass is 9.86. The Kier molecular flexibility index (Phi) is 3.00. The molecule has 0 aliphatic heterocycles. The zero-order chi connectivity index (χ0) is 9.28. The number of alkyl halides is 2. The summed E-state index contributed by atoms with van der Waals surface area (Å²) in [6, 6.07) is -1.03. The second-order valence-electron chi connectivity index (χ2n) is 4.33. The van der Waals surface area contributed by atoms with Gasteiger partial charge in [0.1, 0.15) is 0 Å². The lowest BCUT2D eigenvalue weighted by molar-refractivity contribution is -0.0171. The third kappa shape index (κ3) is 5.13. The summed E-state index contributed by atoms with van der Waals surface area (Å²) in [7, 11) is 0. The average molecular weight is 165 g/mol. The van der Waals surface area contributed by atoms with Gasteiger partial charge in [-0.2, -0.15) is 0 Å². The highest BCUT2D eigenvalue weighted by Crippen LogP contribution is 2.27. The lowest BCUT2D eigenvalue weighted by Crippen LogP contribution is -2.41. The molecule has 0 saturated carbocycles. The van der Waals surface area contributed by atoms with Gasteiger partial charge in [0.05, 0.1) is 6.04 Å². The van der Waals surface area contributed by atoms with Gasteiger partial charge in [0.2, 0.25) is 0 Å². The molecular weight excluding hydrogens is 148 g/mol. The third-order valence-electron chi connectivity index (χ3n) is 1.48. The zero-order valence-corrected chi connectivity index (χ0v) is 7.62. The molecule has 0 aromatic carbocycles. The highest BCUT2D eigenvalue weighted by Gasteiger charge is 2.33. The van der Waals surface area contributed by atoms with E-state index < -0.39 is 12.0 Å². The SMILES string of the molecule is CC(C)(C)CC(N)C(C)(F)F. The second-order valence-corrected chi connectivity index (χ2v) is 4.33. The predicted octanol–water partition coefficient (Wildman–Crippen LogP) is 2.41. The van der Waals surface area contributed by atoms with E-state index in [1.54, 1.807) is 0 Å². The van der Waals surface area contributed by atoms with Gasteiger partial charge in [-0.1, -0.05) is 20.8 Å². The third-order valence-corrected chi connectivity index (χ3v) is 1.48. The standard InChI is InChI=1S/C8H17F2N/c1-7(2,3)5-6(11)8(4,9)10/h6H,5,11H2,1-4H3. The minimum atomic E-state index is -2.76. The Morgan fingerprint density at radius 1 is 1.18 bits per heavy atom. The van der Waals surface area contributed by atoms with Crippen molar-refractivity contribution >= 4 is 0 Å². The van der Waals surface area contributed by atoms with Crippen molar-refractivity contribution in [1.82, 2.24) is 0 Å². The number of hydrogen-bond acceptors (Lipinski definition) is 1. The summed E-state index contributed by atoms with van der Waals surface area (Å²) in [4.78, 5) is 0. The van der Waals surface area contributed by atoms with Gasteiger partial charge in [0, 0.05) is 6.92 Å². The first-order valence-corrected chi connectivity index (χ1v) is 3.76. The molecular formula is C8H17F2N. The first-order valence-electron chi connectivity index (χ1n) is 3.76. The van der Waals surface area contributed by atoms with Crippen molar-refractivity contribution in [2.24, 2.45) is 11.1 Å². The fourth-order valence-corrected chi connectivity index (χ4v) is 0.839. The van der Waals surface area contributed by atoms with E-state index in [0.717, 1.165) is 6.92 Å². The van der Waals surface area contributed by atoms with Gasteiger partial charge in [0.25, 0.3) is 5.92 Å². The Hall–Kier alpha value is -0.180. The highest BCUT2D eigenvalue weighted by molar-refractivity contribution is 4.80. The van der Waals surface area contributed by atoms with Crippen LogP contribution in [0.1, 0.15) is 34.1 Å². The molecule has 0 spiro atoms. The molecule has 11 heavy (non-hydrogen) atoms. The summed E-state index contributed by atoms with van der Waals surface area (Å²) >= 11 is 0. The first-order chi connectivity index (χ1) is 4.63. The molecule has 0 bridgehead atoms. The fourth-order valence-electron chi connectivity index (χ4n) is 0.839. The summed E-state index contributed by atoms with van der Waals surface area (Å²) in [6.07, 6.45) is 0.344. The van der Waals surface area contributed by atoms with E-state index in [9.17, 15) is 8.78 Å². The van der Waals surface area contributed by atoms with Gasteiger partial charge in [0.15, 0.2) is 0 Å². The van der Waals surface area contributed by atoms with E-state index in [0.29, 0.717) is 6.42 Å². The fraction of sp³-hybridized carbons (Fsp3) is 1.00. The van der Waals surface area contributed by atoms with Gasteiger partial charge in [-0.05, 0) is 11.8 Å². The molecule has 0 aromatic rings. The predicted molar refractivity (Wildman–Crippen MR) is 42.7 cm³/mol. The summed E-state index contributed by atoms with van der Waals surface area (Å²) in [5.41, 5.74) is 5.16. The van der Waals surface area contributed by atoms with Crippen LogP contribution in [0.3, 0.4) is 0 Å². The van der Waals surface area contributed by atoms with Crippen LogP contribution in [0.5, 0.6) is 0 Å². The van der Waals surface area contributed by atoms with Crippen molar-refractivity contribution < 1.29 is 8.78 Å². The van der Waals surface area contributed by atoms with Crippen LogP contribution in [-0.4, -0.2) is 12.0 Å². The van der Waals surface area contributed by atoms with Crippen LogP contribution in [-0.2, 0) is 0 Å². The van der Waals surface area contributed by atoms with Crippen molar-refractivity contribution in [2.75, 3.05) is 0 Å². The summed E-state index contributed by atoms with van der Waals surface area (Å²) in [6.45, 7) is 6.57. The number of rotatable bonds is 2. The van der Waals surface area contributed by atoms with Gasteiger partial charge in [-0.15, -0.1) is 0 Å². The van der Waals surface area contributed by atoms with Gasteiger partial charge in [-0.25, -0.2) is 8.78 Å². The van der Waals surface area contributed by atoms with E-state index in [2.05, 4.69) is 0 Å². The lowest BCUT2D eigenvalue weighted by Gasteiger charge is -2.26. The molecule has 0 fully saturated rings. The quantitative estimate of drug-likeness (QED) is 0.668. The Morgan fingerprint density at radius 3 is 1.64 bits per heavy atom. The van der Waals surface area contributed by atoms with E-state index in [-0.39, 0.29) is 5.41 Å². The first kappa shape index (κ1) is 10.8. The maximum absolute atomic E-state index is 12.5. The maximum Gasteiger partial charge on any atom is 0.260 e. The molecule has 1 unspecified atom stereocenters. The van der Waals surface area contributed by atoms with Gasteiger partial charge in [-0.3, -0.25) is 0 Å². The molecule has 68 valence electrons. The molecule has 1 atom stereocenters. The number of nitrogens with two attached hydrogens (primary N) is 1. The summed E-state index contributed by atoms with van der Waals surface area (Å²) < 4.78 is 25.0. The highest BCUT2D eigenvalue weighted by atomic mass is 19.3. The number of halogens is 2. The topological polar surface area (TPSA) is 26.0 Å². The maximum atomic E-state index is 12.5. The van der Waals surface area contributed by atoms with Crippen molar-refractivity contribution in [3.05, 3.63) is 0 Å². The monoisotopic (exact) mass is 165 g/mol. The Labute approximate surface area is 67.0 Å². The van der Waals surface area contributed by atoms with Gasteiger partial charge >= 0.3 is 0 Å². The van der Waals surface area contributed by atoms with Crippen LogP contribution in [0.15, 0.2) is 0 Å². The Bertz CT molecular complexity index is 121. The van der Waals surface area contributed by atoms with Gasteiger partial charge < -0.3 is 5.73 Å². The van der Waals surface area contributed by atoms with Crippen LogP contribution < -0.4 is 5.73 Å². The van der Waals surface area contributed by atoms with E-state index in [4.69, 9.17) is 5.73 Å². The largest absolute Gasteiger partial charge is 0.323 e. The van der Waals surface area contributed by atoms with Crippen LogP contribution in [0.25, 0.3) is 0 Å². The minimum absolute atomic E-state index is 0.126. The van der Waals surface area contributed by atoms with E-state index in [1.165, 1.54) is 0 Å².